The quantitative estimate of drug-likeness (QED) is 0.834. The Morgan fingerprint density at radius 2 is 1.90 bits per heavy atom. The van der Waals surface area contributed by atoms with Gasteiger partial charge < -0.3 is 10.6 Å². The van der Waals surface area contributed by atoms with E-state index in [4.69, 9.17) is 23.8 Å². The molecule has 0 saturated heterocycles. The fourth-order valence-electron chi connectivity index (χ4n) is 1.81. The number of rotatable bonds is 5. The first-order valence-electron chi connectivity index (χ1n) is 6.46. The Morgan fingerprint density at radius 1 is 1.20 bits per heavy atom. The molecule has 0 radical (unpaired) electrons. The van der Waals surface area contributed by atoms with E-state index in [-0.39, 0.29) is 0 Å². The normalized spacial score (nSPS) is 10.3. The van der Waals surface area contributed by atoms with Crippen molar-refractivity contribution >= 4 is 28.9 Å². The fraction of sp³-hybridized carbons (Fsp3) is 0.286. The van der Waals surface area contributed by atoms with Crippen LogP contribution in [0.1, 0.15) is 18.2 Å². The second-order valence-electron chi connectivity index (χ2n) is 4.30. The molecule has 1 aromatic heterocycles. The van der Waals surface area contributed by atoms with E-state index in [1.807, 2.05) is 35.0 Å². The number of hydrogen-bond donors (Lipinski definition) is 2. The number of aromatic nitrogens is 2. The summed E-state index contributed by atoms with van der Waals surface area (Å²) in [7, 11) is 0. The summed E-state index contributed by atoms with van der Waals surface area (Å²) in [5.74, 6) is 0. The molecule has 0 aliphatic carbocycles. The van der Waals surface area contributed by atoms with Gasteiger partial charge in [0.2, 0.25) is 0 Å². The molecule has 0 fully saturated rings. The van der Waals surface area contributed by atoms with Crippen LogP contribution < -0.4 is 10.6 Å². The lowest BCUT2D eigenvalue weighted by atomic mass is 10.2. The van der Waals surface area contributed by atoms with Gasteiger partial charge in [0.1, 0.15) is 0 Å². The van der Waals surface area contributed by atoms with Crippen LogP contribution >= 0.6 is 23.8 Å². The zero-order chi connectivity index (χ0) is 14.4. The predicted octanol–water partition coefficient (Wildman–Crippen LogP) is 2.72. The highest BCUT2D eigenvalue weighted by molar-refractivity contribution is 7.80. The van der Waals surface area contributed by atoms with Crippen molar-refractivity contribution in [1.82, 2.24) is 20.4 Å². The van der Waals surface area contributed by atoms with Crippen molar-refractivity contribution in [2.24, 2.45) is 0 Å². The van der Waals surface area contributed by atoms with E-state index in [0.29, 0.717) is 18.2 Å². The van der Waals surface area contributed by atoms with Gasteiger partial charge in [-0.3, -0.25) is 4.68 Å². The van der Waals surface area contributed by atoms with Crippen LogP contribution in [0.25, 0.3) is 0 Å². The Kier molecular flexibility index (Phi) is 5.38. The highest BCUT2D eigenvalue weighted by Crippen LogP contribution is 2.09. The monoisotopic (exact) mass is 308 g/mol. The third-order valence-electron chi connectivity index (χ3n) is 2.90. The summed E-state index contributed by atoms with van der Waals surface area (Å²) in [6, 6.07) is 9.68. The molecular formula is C14H17ClN4S. The van der Waals surface area contributed by atoms with E-state index in [2.05, 4.69) is 22.7 Å². The highest BCUT2D eigenvalue weighted by Gasteiger charge is 2.02. The van der Waals surface area contributed by atoms with Gasteiger partial charge in [0, 0.05) is 24.3 Å². The molecule has 20 heavy (non-hydrogen) atoms. The lowest BCUT2D eigenvalue weighted by Crippen LogP contribution is -2.34. The third kappa shape index (κ3) is 4.21. The molecule has 0 saturated carbocycles. The van der Waals surface area contributed by atoms with Crippen LogP contribution in [0.4, 0.5) is 0 Å². The van der Waals surface area contributed by atoms with Crippen LogP contribution in [0.2, 0.25) is 5.02 Å². The summed E-state index contributed by atoms with van der Waals surface area (Å²) in [5.41, 5.74) is 2.25. The lowest BCUT2D eigenvalue weighted by Gasteiger charge is -2.11. The van der Waals surface area contributed by atoms with Crippen molar-refractivity contribution in [3.8, 4) is 0 Å². The van der Waals surface area contributed by atoms with Gasteiger partial charge in [0.05, 0.1) is 12.2 Å². The van der Waals surface area contributed by atoms with Gasteiger partial charge in [0.15, 0.2) is 5.11 Å². The van der Waals surface area contributed by atoms with Crippen LogP contribution in [0.5, 0.6) is 0 Å². The van der Waals surface area contributed by atoms with E-state index in [1.165, 1.54) is 0 Å². The van der Waals surface area contributed by atoms with Gasteiger partial charge in [-0.05, 0) is 42.9 Å². The highest BCUT2D eigenvalue weighted by atomic mass is 35.5. The summed E-state index contributed by atoms with van der Waals surface area (Å²) in [4.78, 5) is 0. The standard InChI is InChI=1S/C14H17ClN4S/c1-2-19-13(7-8-18-19)10-17-14(20)16-9-11-3-5-12(15)6-4-11/h3-8H,2,9-10H2,1H3,(H2,16,17,20). The van der Waals surface area contributed by atoms with Crippen molar-refractivity contribution in [3.05, 3.63) is 52.8 Å². The second kappa shape index (κ2) is 7.26. The summed E-state index contributed by atoms with van der Waals surface area (Å²) >= 11 is 11.1. The van der Waals surface area contributed by atoms with Gasteiger partial charge in [0.25, 0.3) is 0 Å². The first-order chi connectivity index (χ1) is 9.69. The van der Waals surface area contributed by atoms with Crippen molar-refractivity contribution in [1.29, 1.82) is 0 Å². The smallest absolute Gasteiger partial charge is 0.166 e. The molecule has 2 aromatic rings. The Hall–Kier alpha value is -1.59. The average Bonchev–Trinajstić information content (AvgIpc) is 2.92. The molecule has 0 spiro atoms. The Labute approximate surface area is 129 Å². The molecular weight excluding hydrogens is 292 g/mol. The van der Waals surface area contributed by atoms with Crippen LogP contribution in [-0.4, -0.2) is 14.9 Å². The Balaban J connectivity index is 1.77. The number of halogens is 1. The number of benzene rings is 1. The van der Waals surface area contributed by atoms with E-state index >= 15 is 0 Å². The number of nitrogens with zero attached hydrogens (tertiary/aromatic N) is 2. The van der Waals surface area contributed by atoms with Gasteiger partial charge in [-0.15, -0.1) is 0 Å². The minimum absolute atomic E-state index is 0.629. The zero-order valence-corrected chi connectivity index (χ0v) is 12.8. The molecule has 4 nitrogen and oxygen atoms in total. The first-order valence-corrected chi connectivity index (χ1v) is 7.24. The molecule has 1 aromatic carbocycles. The van der Waals surface area contributed by atoms with Crippen LogP contribution in [0.15, 0.2) is 36.5 Å². The Bertz CT molecular complexity index is 565. The molecule has 0 unspecified atom stereocenters. The molecule has 0 aliphatic rings. The number of thiocarbonyl (C=S) groups is 1. The van der Waals surface area contributed by atoms with Crippen molar-refractivity contribution in [2.75, 3.05) is 0 Å². The summed E-state index contributed by atoms with van der Waals surface area (Å²) in [6.45, 7) is 4.26. The van der Waals surface area contributed by atoms with Crippen molar-refractivity contribution in [3.63, 3.8) is 0 Å². The molecule has 2 N–H and O–H groups in total. The molecule has 6 heteroatoms. The van der Waals surface area contributed by atoms with Gasteiger partial charge in [-0.1, -0.05) is 23.7 Å². The van der Waals surface area contributed by atoms with Crippen LogP contribution in [0, 0.1) is 0 Å². The van der Waals surface area contributed by atoms with E-state index in [1.54, 1.807) is 6.20 Å². The van der Waals surface area contributed by atoms with E-state index in [0.717, 1.165) is 22.8 Å². The topological polar surface area (TPSA) is 41.9 Å². The SMILES string of the molecule is CCn1nccc1CNC(=S)NCc1ccc(Cl)cc1. The zero-order valence-electron chi connectivity index (χ0n) is 11.3. The average molecular weight is 309 g/mol. The van der Waals surface area contributed by atoms with Gasteiger partial charge >= 0.3 is 0 Å². The van der Waals surface area contributed by atoms with Crippen molar-refractivity contribution < 1.29 is 0 Å². The molecule has 2 rings (SSSR count). The maximum atomic E-state index is 5.84. The first kappa shape index (κ1) is 14.8. The minimum Gasteiger partial charge on any atom is -0.359 e. The third-order valence-corrected chi connectivity index (χ3v) is 3.44. The van der Waals surface area contributed by atoms with E-state index in [9.17, 15) is 0 Å². The Morgan fingerprint density at radius 3 is 2.60 bits per heavy atom. The van der Waals surface area contributed by atoms with Crippen LogP contribution in [0.3, 0.4) is 0 Å². The second-order valence-corrected chi connectivity index (χ2v) is 5.15. The minimum atomic E-state index is 0.629. The largest absolute Gasteiger partial charge is 0.359 e. The maximum Gasteiger partial charge on any atom is 0.166 e. The summed E-state index contributed by atoms with van der Waals surface area (Å²) in [6.07, 6.45) is 1.80. The molecule has 1 heterocycles. The number of hydrogen-bond acceptors (Lipinski definition) is 2. The summed E-state index contributed by atoms with van der Waals surface area (Å²) < 4.78 is 1.94. The van der Waals surface area contributed by atoms with Crippen LogP contribution in [-0.2, 0) is 19.6 Å². The molecule has 0 aliphatic heterocycles. The molecule has 106 valence electrons. The fourth-order valence-corrected chi connectivity index (χ4v) is 2.08. The van der Waals surface area contributed by atoms with Gasteiger partial charge in [-0.2, -0.15) is 5.10 Å². The predicted molar refractivity (Wildman–Crippen MR) is 85.6 cm³/mol. The lowest BCUT2D eigenvalue weighted by molar-refractivity contribution is 0.611. The van der Waals surface area contributed by atoms with E-state index < -0.39 is 0 Å². The number of aryl methyl sites for hydroxylation is 1. The number of nitrogens with one attached hydrogen (secondary N) is 2. The summed E-state index contributed by atoms with van der Waals surface area (Å²) in [5, 5.41) is 11.9. The molecule has 0 bridgehead atoms. The van der Waals surface area contributed by atoms with Gasteiger partial charge in [-0.25, -0.2) is 0 Å². The molecule has 0 atom stereocenters. The molecule has 0 amide bonds. The van der Waals surface area contributed by atoms with Crippen molar-refractivity contribution in [2.45, 2.75) is 26.6 Å². The maximum absolute atomic E-state index is 5.84.